The summed E-state index contributed by atoms with van der Waals surface area (Å²) < 4.78 is 12.0. The quantitative estimate of drug-likeness (QED) is 0.620. The molecule has 0 fully saturated rings. The van der Waals surface area contributed by atoms with Crippen LogP contribution in [0, 0.1) is 6.92 Å². The first-order valence-corrected chi connectivity index (χ1v) is 9.96. The first kappa shape index (κ1) is 17.2. The second kappa shape index (κ2) is 6.89. The summed E-state index contributed by atoms with van der Waals surface area (Å²) in [6.07, 6.45) is 3.60. The van der Waals surface area contributed by atoms with E-state index in [0.717, 1.165) is 27.4 Å². The minimum atomic E-state index is -0.0730. The highest BCUT2D eigenvalue weighted by atomic mass is 32.1. The van der Waals surface area contributed by atoms with Crippen molar-refractivity contribution in [3.63, 3.8) is 0 Å². The molecule has 6 heteroatoms. The van der Waals surface area contributed by atoms with Gasteiger partial charge in [0.1, 0.15) is 18.2 Å². The van der Waals surface area contributed by atoms with Crippen LogP contribution >= 0.6 is 11.3 Å². The van der Waals surface area contributed by atoms with Gasteiger partial charge >= 0.3 is 0 Å². The highest BCUT2D eigenvalue weighted by Crippen LogP contribution is 2.43. The van der Waals surface area contributed by atoms with Crippen molar-refractivity contribution in [2.45, 2.75) is 20.0 Å². The highest BCUT2D eigenvalue weighted by Gasteiger charge is 2.33. The zero-order valence-electron chi connectivity index (χ0n) is 15.3. The predicted octanol–water partition coefficient (Wildman–Crippen LogP) is 4.42. The Labute approximate surface area is 166 Å². The summed E-state index contributed by atoms with van der Waals surface area (Å²) in [6, 6.07) is 11.7. The number of Topliss-reactive ketones (excluding diaryl/α,β-unsaturated/α-hetero) is 1. The lowest BCUT2D eigenvalue weighted by molar-refractivity contribution is 0.0865. The molecular weight excluding hydrogens is 372 g/mol. The van der Waals surface area contributed by atoms with E-state index in [1.54, 1.807) is 23.6 Å². The SMILES string of the molecule is Cc1c2c(cc3c1O/C(=C\c1cccs1)C3=O)CN(Cc1ccccn1)CO2. The Morgan fingerprint density at radius 1 is 1.25 bits per heavy atom. The lowest BCUT2D eigenvalue weighted by Crippen LogP contribution is -2.32. The maximum Gasteiger partial charge on any atom is 0.232 e. The van der Waals surface area contributed by atoms with Crippen LogP contribution in [0.3, 0.4) is 0 Å². The van der Waals surface area contributed by atoms with E-state index in [4.69, 9.17) is 9.47 Å². The van der Waals surface area contributed by atoms with Crippen molar-refractivity contribution in [1.29, 1.82) is 0 Å². The summed E-state index contributed by atoms with van der Waals surface area (Å²) in [4.78, 5) is 20.4. The van der Waals surface area contributed by atoms with E-state index in [2.05, 4.69) is 9.88 Å². The second-order valence-electron chi connectivity index (χ2n) is 6.90. The fourth-order valence-corrected chi connectivity index (χ4v) is 4.27. The van der Waals surface area contributed by atoms with Crippen LogP contribution in [0.5, 0.6) is 11.5 Å². The van der Waals surface area contributed by atoms with Crippen molar-refractivity contribution in [2.75, 3.05) is 6.73 Å². The molecule has 4 heterocycles. The summed E-state index contributed by atoms with van der Waals surface area (Å²) in [6.45, 7) is 3.84. The summed E-state index contributed by atoms with van der Waals surface area (Å²) in [5.74, 6) is 1.73. The molecule has 5 nitrogen and oxygen atoms in total. The van der Waals surface area contributed by atoms with Crippen LogP contribution in [0.25, 0.3) is 6.08 Å². The number of aromatic nitrogens is 1. The fraction of sp³-hybridized carbons (Fsp3) is 0.182. The molecule has 28 heavy (non-hydrogen) atoms. The van der Waals surface area contributed by atoms with Gasteiger partial charge in [-0.15, -0.1) is 11.3 Å². The lowest BCUT2D eigenvalue weighted by atomic mass is 10.00. The van der Waals surface area contributed by atoms with E-state index >= 15 is 0 Å². The van der Waals surface area contributed by atoms with Crippen molar-refractivity contribution in [3.8, 4) is 11.5 Å². The van der Waals surface area contributed by atoms with Gasteiger partial charge in [-0.2, -0.15) is 0 Å². The largest absolute Gasteiger partial charge is 0.477 e. The predicted molar refractivity (Wildman–Crippen MR) is 107 cm³/mol. The number of carbonyl (C=O) groups excluding carboxylic acids is 1. The van der Waals surface area contributed by atoms with Gasteiger partial charge in [-0.1, -0.05) is 12.1 Å². The van der Waals surface area contributed by atoms with Crippen LogP contribution in [0.15, 0.2) is 53.7 Å². The van der Waals surface area contributed by atoms with E-state index in [0.29, 0.717) is 36.9 Å². The van der Waals surface area contributed by atoms with E-state index in [9.17, 15) is 4.79 Å². The lowest BCUT2D eigenvalue weighted by Gasteiger charge is -2.30. The molecule has 0 saturated heterocycles. The van der Waals surface area contributed by atoms with Crippen molar-refractivity contribution in [2.24, 2.45) is 0 Å². The molecule has 2 aromatic heterocycles. The standard InChI is InChI=1S/C22H18N2O3S/c1-14-21-15(11-24(13-26-21)12-16-5-2-3-7-23-16)9-18-20(25)19(27-22(14)18)10-17-6-4-8-28-17/h2-10H,11-13H2,1H3/b19-10-. The van der Waals surface area contributed by atoms with Gasteiger partial charge in [-0.25, -0.2) is 0 Å². The fourth-order valence-electron chi connectivity index (χ4n) is 3.62. The number of hydrogen-bond acceptors (Lipinski definition) is 6. The van der Waals surface area contributed by atoms with Crippen molar-refractivity contribution in [1.82, 2.24) is 9.88 Å². The zero-order valence-corrected chi connectivity index (χ0v) is 16.2. The molecule has 140 valence electrons. The molecule has 5 rings (SSSR count). The average Bonchev–Trinajstić information content (AvgIpc) is 3.32. The van der Waals surface area contributed by atoms with Gasteiger partial charge in [0.05, 0.1) is 11.3 Å². The number of carbonyl (C=O) groups is 1. The Morgan fingerprint density at radius 3 is 2.96 bits per heavy atom. The van der Waals surface area contributed by atoms with Crippen molar-refractivity contribution < 1.29 is 14.3 Å². The number of rotatable bonds is 3. The van der Waals surface area contributed by atoms with Crippen LogP contribution in [-0.2, 0) is 13.1 Å². The number of thiophene rings is 1. The number of fused-ring (bicyclic) bond motifs is 2. The van der Waals surface area contributed by atoms with Gasteiger partial charge in [-0.3, -0.25) is 14.7 Å². The first-order valence-electron chi connectivity index (χ1n) is 9.08. The van der Waals surface area contributed by atoms with Crippen LogP contribution in [0.1, 0.15) is 32.1 Å². The van der Waals surface area contributed by atoms with Gasteiger partial charge in [0.2, 0.25) is 5.78 Å². The first-order chi connectivity index (χ1) is 13.7. The van der Waals surface area contributed by atoms with E-state index in [-0.39, 0.29) is 5.78 Å². The highest BCUT2D eigenvalue weighted by molar-refractivity contribution is 7.10. The smallest absolute Gasteiger partial charge is 0.232 e. The summed E-state index contributed by atoms with van der Waals surface area (Å²) in [7, 11) is 0. The molecule has 0 bridgehead atoms. The van der Waals surface area contributed by atoms with E-state index in [1.165, 1.54) is 0 Å². The molecule has 0 N–H and O–H groups in total. The average molecular weight is 390 g/mol. The molecule has 0 amide bonds. The van der Waals surface area contributed by atoms with Crippen LogP contribution < -0.4 is 9.47 Å². The van der Waals surface area contributed by atoms with Crippen molar-refractivity contribution >= 4 is 23.2 Å². The monoisotopic (exact) mass is 390 g/mol. The molecule has 0 atom stereocenters. The summed E-state index contributed by atoms with van der Waals surface area (Å²) in [5.41, 5.74) is 3.50. The van der Waals surface area contributed by atoms with Gasteiger partial charge in [0.25, 0.3) is 0 Å². The number of pyridine rings is 1. The van der Waals surface area contributed by atoms with Crippen LogP contribution in [0.2, 0.25) is 0 Å². The number of hydrogen-bond donors (Lipinski definition) is 0. The summed E-state index contributed by atoms with van der Waals surface area (Å²) in [5, 5.41) is 1.98. The molecule has 1 aromatic carbocycles. The molecule has 2 aliphatic rings. The van der Waals surface area contributed by atoms with Gasteiger partial charge in [-0.05, 0) is 36.6 Å². The third-order valence-corrected chi connectivity index (χ3v) is 5.75. The number of nitrogens with zero attached hydrogens (tertiary/aromatic N) is 2. The molecule has 0 unspecified atom stereocenters. The number of benzene rings is 1. The maximum absolute atomic E-state index is 12.9. The Kier molecular flexibility index (Phi) is 4.22. The molecule has 0 radical (unpaired) electrons. The Morgan fingerprint density at radius 2 is 2.18 bits per heavy atom. The normalized spacial score (nSPS) is 17.2. The third-order valence-electron chi connectivity index (χ3n) is 4.93. The number of ether oxygens (including phenoxy) is 2. The maximum atomic E-state index is 12.9. The van der Waals surface area contributed by atoms with E-state index < -0.39 is 0 Å². The topological polar surface area (TPSA) is 51.7 Å². The zero-order chi connectivity index (χ0) is 19.1. The molecular formula is C22H18N2O3S. The molecule has 0 aliphatic carbocycles. The Bertz CT molecular complexity index is 1070. The van der Waals surface area contributed by atoms with Crippen molar-refractivity contribution in [3.05, 3.63) is 81.0 Å². The third kappa shape index (κ3) is 3.00. The Hall–Kier alpha value is -2.96. The minimum absolute atomic E-state index is 0.0730. The van der Waals surface area contributed by atoms with Gasteiger partial charge < -0.3 is 9.47 Å². The van der Waals surface area contributed by atoms with Gasteiger partial charge in [0.15, 0.2) is 5.76 Å². The van der Waals surface area contributed by atoms with E-state index in [1.807, 2.05) is 48.7 Å². The van der Waals surface area contributed by atoms with Crippen LogP contribution in [0.4, 0.5) is 0 Å². The number of allylic oxidation sites excluding steroid dienone is 1. The molecule has 2 aliphatic heterocycles. The summed E-state index contributed by atoms with van der Waals surface area (Å²) >= 11 is 1.58. The second-order valence-corrected chi connectivity index (χ2v) is 7.88. The molecule has 3 aromatic rings. The molecule has 0 saturated carbocycles. The minimum Gasteiger partial charge on any atom is -0.477 e. The van der Waals surface area contributed by atoms with Crippen LogP contribution in [-0.4, -0.2) is 22.4 Å². The molecule has 0 spiro atoms. The Balaban J connectivity index is 1.44. The number of ketones is 1. The van der Waals surface area contributed by atoms with Gasteiger partial charge in [0, 0.05) is 41.4 Å².